The van der Waals surface area contributed by atoms with Crippen molar-refractivity contribution in [3.63, 3.8) is 0 Å². The molecule has 0 radical (unpaired) electrons. The van der Waals surface area contributed by atoms with Gasteiger partial charge >= 0.3 is 0 Å². The number of nitrogens with zero attached hydrogens (tertiary/aromatic N) is 2. The Balaban J connectivity index is 1.81. The highest BCUT2D eigenvalue weighted by molar-refractivity contribution is 5.29. The number of benzene rings is 1. The van der Waals surface area contributed by atoms with Crippen LogP contribution < -0.4 is 4.74 Å². The molecule has 114 valence electrons. The van der Waals surface area contributed by atoms with E-state index in [2.05, 4.69) is 15.7 Å². The minimum Gasteiger partial charge on any atom is -0.497 e. The lowest BCUT2D eigenvalue weighted by molar-refractivity contribution is 0.0732. The Morgan fingerprint density at radius 3 is 2.67 bits per heavy atom. The zero-order valence-corrected chi connectivity index (χ0v) is 12.7. The van der Waals surface area contributed by atoms with E-state index in [1.54, 1.807) is 7.11 Å². The maximum absolute atomic E-state index is 10.4. The molecule has 4 nitrogen and oxygen atoms in total. The second-order valence-corrected chi connectivity index (χ2v) is 5.39. The first-order valence-electron chi connectivity index (χ1n) is 7.43. The Morgan fingerprint density at radius 2 is 2.00 bits per heavy atom. The van der Waals surface area contributed by atoms with Gasteiger partial charge in [-0.1, -0.05) is 12.1 Å². The topological polar surface area (TPSA) is 35.9 Å². The number of rotatable bonds is 6. The first-order valence-corrected chi connectivity index (χ1v) is 7.43. The summed E-state index contributed by atoms with van der Waals surface area (Å²) in [5, 5.41) is 10.4. The average molecular weight is 288 g/mol. The summed E-state index contributed by atoms with van der Waals surface area (Å²) in [5.41, 5.74) is 0.907. The third-order valence-corrected chi connectivity index (χ3v) is 3.95. The van der Waals surface area contributed by atoms with Gasteiger partial charge in [0, 0.05) is 45.7 Å². The highest BCUT2D eigenvalue weighted by Crippen LogP contribution is 2.20. The van der Waals surface area contributed by atoms with Crippen molar-refractivity contribution in [3.8, 4) is 18.1 Å². The van der Waals surface area contributed by atoms with Crippen LogP contribution in [0.25, 0.3) is 0 Å². The number of hydrogen-bond acceptors (Lipinski definition) is 4. The fourth-order valence-electron chi connectivity index (χ4n) is 2.62. The standard InChI is InChI=1S/C17H24N2O2/c1-3-4-8-18-9-11-19(12-10-18)14-17(20)15-6-5-7-16(13-15)21-2/h1,5-7,13,17,20H,4,8-12,14H2,2H3. The third-order valence-electron chi connectivity index (χ3n) is 3.95. The summed E-state index contributed by atoms with van der Waals surface area (Å²) in [4.78, 5) is 4.69. The quantitative estimate of drug-likeness (QED) is 0.802. The Hall–Kier alpha value is -1.54. The maximum atomic E-state index is 10.4. The molecule has 1 aliphatic rings. The van der Waals surface area contributed by atoms with Crippen LogP contribution in [0.15, 0.2) is 24.3 Å². The van der Waals surface area contributed by atoms with Gasteiger partial charge in [-0.15, -0.1) is 12.3 Å². The number of methoxy groups -OCH3 is 1. The molecule has 1 aromatic carbocycles. The molecule has 0 aromatic heterocycles. The molecule has 1 atom stereocenters. The smallest absolute Gasteiger partial charge is 0.119 e. The highest BCUT2D eigenvalue weighted by atomic mass is 16.5. The average Bonchev–Trinajstić information content (AvgIpc) is 2.54. The number of ether oxygens (including phenoxy) is 1. The summed E-state index contributed by atoms with van der Waals surface area (Å²) >= 11 is 0. The number of piperazine rings is 1. The van der Waals surface area contributed by atoms with Crippen LogP contribution in [0.1, 0.15) is 18.1 Å². The maximum Gasteiger partial charge on any atom is 0.119 e. The lowest BCUT2D eigenvalue weighted by Gasteiger charge is -2.35. The summed E-state index contributed by atoms with van der Waals surface area (Å²) in [6.45, 7) is 5.63. The lowest BCUT2D eigenvalue weighted by atomic mass is 10.1. The van der Waals surface area contributed by atoms with Crippen molar-refractivity contribution in [3.05, 3.63) is 29.8 Å². The van der Waals surface area contributed by atoms with Crippen LogP contribution in [-0.2, 0) is 0 Å². The Bertz CT molecular complexity index is 476. The van der Waals surface area contributed by atoms with Crippen molar-refractivity contribution in [2.24, 2.45) is 0 Å². The molecule has 2 rings (SSSR count). The van der Waals surface area contributed by atoms with Crippen LogP contribution in [0.2, 0.25) is 0 Å². The lowest BCUT2D eigenvalue weighted by Crippen LogP contribution is -2.47. The zero-order valence-electron chi connectivity index (χ0n) is 12.7. The summed E-state index contributed by atoms with van der Waals surface area (Å²) in [6, 6.07) is 7.64. The Morgan fingerprint density at radius 1 is 1.29 bits per heavy atom. The van der Waals surface area contributed by atoms with Gasteiger partial charge in [-0.3, -0.25) is 9.80 Å². The highest BCUT2D eigenvalue weighted by Gasteiger charge is 2.19. The van der Waals surface area contributed by atoms with Crippen molar-refractivity contribution >= 4 is 0 Å². The van der Waals surface area contributed by atoms with Gasteiger partial charge in [0.15, 0.2) is 0 Å². The van der Waals surface area contributed by atoms with Crippen LogP contribution in [0, 0.1) is 12.3 Å². The van der Waals surface area contributed by atoms with Crippen LogP contribution in [0.4, 0.5) is 0 Å². The van der Waals surface area contributed by atoms with E-state index >= 15 is 0 Å². The molecule has 1 aliphatic heterocycles. The van der Waals surface area contributed by atoms with Gasteiger partial charge in [-0.05, 0) is 17.7 Å². The normalized spacial score (nSPS) is 18.1. The molecule has 4 heteroatoms. The van der Waals surface area contributed by atoms with Gasteiger partial charge in [-0.2, -0.15) is 0 Å². The van der Waals surface area contributed by atoms with Crippen LogP contribution in [0.5, 0.6) is 5.75 Å². The monoisotopic (exact) mass is 288 g/mol. The van der Waals surface area contributed by atoms with E-state index in [1.165, 1.54) is 0 Å². The predicted molar refractivity (Wildman–Crippen MR) is 84.3 cm³/mol. The molecule has 21 heavy (non-hydrogen) atoms. The molecule has 0 aliphatic carbocycles. The molecule has 1 N–H and O–H groups in total. The summed E-state index contributed by atoms with van der Waals surface area (Å²) in [7, 11) is 1.64. The minimum absolute atomic E-state index is 0.475. The van der Waals surface area contributed by atoms with E-state index in [1.807, 2.05) is 24.3 Å². The Labute approximate surface area is 127 Å². The molecule has 1 fully saturated rings. The van der Waals surface area contributed by atoms with Crippen molar-refractivity contribution in [2.45, 2.75) is 12.5 Å². The van der Waals surface area contributed by atoms with Gasteiger partial charge in [0.2, 0.25) is 0 Å². The number of hydrogen-bond donors (Lipinski definition) is 1. The zero-order chi connectivity index (χ0) is 15.1. The van der Waals surface area contributed by atoms with Gasteiger partial charge < -0.3 is 9.84 Å². The largest absolute Gasteiger partial charge is 0.497 e. The number of β-amino-alcohol motifs (C(OH)–C–C–N with tert-alkyl or cyclic N) is 1. The molecule has 1 saturated heterocycles. The van der Waals surface area contributed by atoms with Crippen molar-refractivity contribution < 1.29 is 9.84 Å². The number of aliphatic hydroxyl groups is 1. The van der Waals surface area contributed by atoms with E-state index in [4.69, 9.17) is 11.2 Å². The van der Waals surface area contributed by atoms with Crippen LogP contribution >= 0.6 is 0 Å². The minimum atomic E-state index is -0.475. The molecular weight excluding hydrogens is 264 g/mol. The van der Waals surface area contributed by atoms with E-state index in [-0.39, 0.29) is 0 Å². The fourth-order valence-corrected chi connectivity index (χ4v) is 2.62. The van der Waals surface area contributed by atoms with Gasteiger partial charge in [0.25, 0.3) is 0 Å². The third kappa shape index (κ3) is 4.75. The molecule has 1 unspecified atom stereocenters. The first kappa shape index (κ1) is 15.8. The van der Waals surface area contributed by atoms with Crippen LogP contribution in [0.3, 0.4) is 0 Å². The van der Waals surface area contributed by atoms with Crippen LogP contribution in [-0.4, -0.2) is 61.3 Å². The molecule has 0 saturated carbocycles. The van der Waals surface area contributed by atoms with Gasteiger partial charge in [0.1, 0.15) is 5.75 Å². The van der Waals surface area contributed by atoms with Crippen molar-refractivity contribution in [1.29, 1.82) is 0 Å². The van der Waals surface area contributed by atoms with E-state index in [0.717, 1.165) is 50.5 Å². The summed E-state index contributed by atoms with van der Waals surface area (Å²) in [5.74, 6) is 3.47. The molecule has 0 spiro atoms. The molecule has 1 heterocycles. The van der Waals surface area contributed by atoms with Crippen molar-refractivity contribution in [1.82, 2.24) is 9.80 Å². The fraction of sp³-hybridized carbons (Fsp3) is 0.529. The number of aliphatic hydroxyl groups excluding tert-OH is 1. The number of terminal acetylenes is 1. The van der Waals surface area contributed by atoms with Crippen molar-refractivity contribution in [2.75, 3.05) is 46.4 Å². The van der Waals surface area contributed by atoms with E-state index in [9.17, 15) is 5.11 Å². The molecule has 0 bridgehead atoms. The van der Waals surface area contributed by atoms with E-state index < -0.39 is 6.10 Å². The Kier molecular flexibility index (Phi) is 6.06. The first-order chi connectivity index (χ1) is 10.2. The summed E-state index contributed by atoms with van der Waals surface area (Å²) < 4.78 is 5.20. The SMILES string of the molecule is C#CCCN1CCN(CC(O)c2cccc(OC)c2)CC1. The summed E-state index contributed by atoms with van der Waals surface area (Å²) in [6.07, 6.45) is 5.63. The second kappa shape index (κ2) is 8.04. The van der Waals surface area contributed by atoms with Gasteiger partial charge in [0.05, 0.1) is 13.2 Å². The predicted octanol–water partition coefficient (Wildman–Crippen LogP) is 1.37. The second-order valence-electron chi connectivity index (χ2n) is 5.39. The molecular formula is C17H24N2O2. The molecule has 0 amide bonds. The van der Waals surface area contributed by atoms with Gasteiger partial charge in [-0.25, -0.2) is 0 Å². The molecule has 1 aromatic rings. The van der Waals surface area contributed by atoms with E-state index in [0.29, 0.717) is 6.54 Å².